The van der Waals surface area contributed by atoms with Gasteiger partial charge in [-0.3, -0.25) is 9.59 Å². The summed E-state index contributed by atoms with van der Waals surface area (Å²) in [6.07, 6.45) is 35.5. The van der Waals surface area contributed by atoms with Crippen LogP contribution in [-0.2, 0) is 38.0 Å². The number of hydrogen-bond acceptors (Lipinski definition) is 15. The van der Waals surface area contributed by atoms with Crippen LogP contribution in [-0.4, -0.2) is 142 Å². The Hall–Kier alpha value is -3.84. The van der Waals surface area contributed by atoms with Gasteiger partial charge in [-0.25, -0.2) is 0 Å². The minimum Gasteiger partial charge on any atom is -0.462 e. The first-order valence-corrected chi connectivity index (χ1v) is 25.5. The molecule has 4 unspecified atom stereocenters. The van der Waals surface area contributed by atoms with Crippen molar-refractivity contribution in [2.75, 3.05) is 26.4 Å². The summed E-state index contributed by atoms with van der Waals surface area (Å²) in [6, 6.07) is 0. The molecule has 2 aliphatic heterocycles. The third kappa shape index (κ3) is 28.3. The van der Waals surface area contributed by atoms with E-state index in [9.17, 15) is 45.3 Å². The van der Waals surface area contributed by atoms with Crippen LogP contribution in [0.25, 0.3) is 0 Å². The van der Waals surface area contributed by atoms with Gasteiger partial charge in [0.1, 0.15) is 55.4 Å². The van der Waals surface area contributed by atoms with Crippen LogP contribution in [0.4, 0.5) is 0 Å². The van der Waals surface area contributed by atoms with Crippen LogP contribution in [0, 0.1) is 0 Å². The van der Waals surface area contributed by atoms with E-state index in [0.29, 0.717) is 12.8 Å². The number of ether oxygens (including phenoxy) is 6. The lowest BCUT2D eigenvalue weighted by Gasteiger charge is -2.42. The minimum absolute atomic E-state index is 0.0979. The van der Waals surface area contributed by atoms with Crippen LogP contribution in [0.5, 0.6) is 0 Å². The number of carbonyl (C=O) groups excluding carboxylic acids is 2. The molecular weight excluding hydrogens is 901 g/mol. The van der Waals surface area contributed by atoms with E-state index < -0.39 is 99.3 Å². The number of aliphatic hydroxyl groups excluding tert-OH is 7. The average Bonchev–Trinajstić information content (AvgIpc) is 3.35. The van der Waals surface area contributed by atoms with Crippen molar-refractivity contribution in [3.63, 3.8) is 0 Å². The van der Waals surface area contributed by atoms with Crippen LogP contribution < -0.4 is 0 Å². The highest BCUT2D eigenvalue weighted by Crippen LogP contribution is 2.26. The number of hydrogen-bond donors (Lipinski definition) is 7. The van der Waals surface area contributed by atoms with E-state index in [1.807, 2.05) is 0 Å². The number of aliphatic hydroxyl groups is 7. The van der Waals surface area contributed by atoms with E-state index >= 15 is 0 Å². The molecule has 7 N–H and O–H groups in total. The molecule has 0 spiro atoms. The lowest BCUT2D eigenvalue weighted by Crippen LogP contribution is -2.61. The molecule has 0 amide bonds. The average molecular weight is 987 g/mol. The third-order valence-corrected chi connectivity index (χ3v) is 11.2. The monoisotopic (exact) mass is 987 g/mol. The van der Waals surface area contributed by atoms with E-state index in [2.05, 4.69) is 123 Å². The van der Waals surface area contributed by atoms with E-state index in [1.54, 1.807) is 0 Å². The molecule has 0 radical (unpaired) electrons. The zero-order chi connectivity index (χ0) is 51.0. The maximum atomic E-state index is 13.0. The van der Waals surface area contributed by atoms with E-state index in [4.69, 9.17) is 28.4 Å². The molecule has 0 aromatic rings. The fourth-order valence-electron chi connectivity index (χ4n) is 7.11. The summed E-state index contributed by atoms with van der Waals surface area (Å²) in [5, 5.41) is 72.1. The second kappa shape index (κ2) is 40.7. The number of carbonyl (C=O) groups is 2. The van der Waals surface area contributed by atoms with Crippen molar-refractivity contribution in [2.45, 2.75) is 197 Å². The zero-order valence-corrected chi connectivity index (χ0v) is 41.7. The molecule has 15 heteroatoms. The van der Waals surface area contributed by atoms with Gasteiger partial charge in [0, 0.05) is 12.8 Å². The van der Waals surface area contributed by atoms with Crippen molar-refractivity contribution in [3.05, 3.63) is 109 Å². The molecule has 11 atom stereocenters. The van der Waals surface area contributed by atoms with Crippen LogP contribution in [0.3, 0.4) is 0 Å². The van der Waals surface area contributed by atoms with Crippen LogP contribution in [0.15, 0.2) is 109 Å². The smallest absolute Gasteiger partial charge is 0.306 e. The van der Waals surface area contributed by atoms with Gasteiger partial charge >= 0.3 is 11.9 Å². The van der Waals surface area contributed by atoms with Crippen molar-refractivity contribution in [1.82, 2.24) is 0 Å². The van der Waals surface area contributed by atoms with Gasteiger partial charge < -0.3 is 64.2 Å². The summed E-state index contributed by atoms with van der Waals surface area (Å²) in [5.74, 6) is -1.03. The van der Waals surface area contributed by atoms with Gasteiger partial charge in [0.05, 0.1) is 19.8 Å². The topological polar surface area (TPSA) is 231 Å². The molecule has 2 heterocycles. The molecule has 2 aliphatic rings. The second-order valence-corrected chi connectivity index (χ2v) is 17.2. The van der Waals surface area contributed by atoms with Gasteiger partial charge in [-0.05, 0) is 96.3 Å². The van der Waals surface area contributed by atoms with Crippen molar-refractivity contribution in [2.24, 2.45) is 0 Å². The first-order valence-electron chi connectivity index (χ1n) is 25.5. The molecule has 0 saturated carbocycles. The van der Waals surface area contributed by atoms with Crippen molar-refractivity contribution >= 4 is 11.9 Å². The number of allylic oxidation sites excluding steroid dienone is 18. The zero-order valence-electron chi connectivity index (χ0n) is 41.7. The maximum Gasteiger partial charge on any atom is 0.306 e. The predicted molar refractivity (Wildman–Crippen MR) is 270 cm³/mol. The predicted octanol–water partition coefficient (Wildman–Crippen LogP) is 7.15. The van der Waals surface area contributed by atoms with Gasteiger partial charge in [0.25, 0.3) is 0 Å². The van der Waals surface area contributed by atoms with Gasteiger partial charge in [0.15, 0.2) is 18.7 Å². The largest absolute Gasteiger partial charge is 0.462 e. The number of unbranched alkanes of at least 4 members (excludes halogenated alkanes) is 5. The van der Waals surface area contributed by atoms with E-state index in [0.717, 1.165) is 89.9 Å². The fraction of sp³-hybridized carbons (Fsp3) is 0.636. The first kappa shape index (κ1) is 62.3. The molecule has 0 aliphatic carbocycles. The molecule has 2 saturated heterocycles. The lowest BCUT2D eigenvalue weighted by molar-refractivity contribution is -0.332. The summed E-state index contributed by atoms with van der Waals surface area (Å²) >= 11 is 0. The van der Waals surface area contributed by atoms with E-state index in [-0.39, 0.29) is 19.4 Å². The Morgan fingerprint density at radius 3 is 1.34 bits per heavy atom. The Bertz CT molecular complexity index is 1630. The highest BCUT2D eigenvalue weighted by molar-refractivity contribution is 5.70. The quantitative estimate of drug-likeness (QED) is 0.0186. The standard InChI is InChI=1S/C55H86O15/c1-3-5-7-9-11-13-15-17-19-20-21-22-24-25-27-29-31-33-35-37-46(57)65-40-43(68-47(58)38-36-34-32-30-28-26-23-18-16-14-12-10-8-6-4-2)41-66-54-53(64)51(62)49(60)45(70-54)42-67-55-52(63)50(61)48(59)44(39-56)69-55/h5-8,11-14,17-19,21-23,25,27-28,30,43-45,48-56,59-64H,3-4,9-10,15-16,20,24,26,29,31-42H2,1-2H3/b7-5+,8-6+,13-11+,14-12+,19-17+,22-21+,23-18+,27-25+,30-28+/t43-,44+,45+,48-,49-,50?,51?,52?,53?,54+,55+/m0/s1. The van der Waals surface area contributed by atoms with Crippen LogP contribution >= 0.6 is 0 Å². The molecule has 2 fully saturated rings. The van der Waals surface area contributed by atoms with Gasteiger partial charge in [-0.2, -0.15) is 0 Å². The SMILES string of the molecule is CC/C=C/C/C=C/C/C=C/C/C=C/C/C=C/CCCCCC(=O)OC[C@@H](CO[C@@H]1O[C@H](CO[C@@H]2O[C@H](CO)[C@H](O)C(O)C2O)[C@H](O)C(O)C1O)OC(=O)CCCC/C=C/C/C=C/C/C=C/C/C=C/CC. The Balaban J connectivity index is 1.85. The molecule has 0 aromatic carbocycles. The molecule has 70 heavy (non-hydrogen) atoms. The first-order chi connectivity index (χ1) is 34.0. The molecule has 15 nitrogen and oxygen atoms in total. The van der Waals surface area contributed by atoms with Gasteiger partial charge in [-0.15, -0.1) is 0 Å². The summed E-state index contributed by atoms with van der Waals surface area (Å²) in [4.78, 5) is 25.7. The second-order valence-electron chi connectivity index (χ2n) is 17.2. The maximum absolute atomic E-state index is 13.0. The van der Waals surface area contributed by atoms with Crippen molar-refractivity contribution < 1.29 is 73.8 Å². The summed E-state index contributed by atoms with van der Waals surface area (Å²) < 4.78 is 33.5. The Morgan fingerprint density at radius 1 is 0.457 bits per heavy atom. The molecule has 0 bridgehead atoms. The number of esters is 2. The Morgan fingerprint density at radius 2 is 0.857 bits per heavy atom. The lowest BCUT2D eigenvalue weighted by atomic mass is 9.98. The normalized spacial score (nSPS) is 26.3. The highest BCUT2D eigenvalue weighted by atomic mass is 16.7. The van der Waals surface area contributed by atoms with Crippen molar-refractivity contribution in [3.8, 4) is 0 Å². The molecular formula is C55H86O15. The van der Waals surface area contributed by atoms with Crippen LogP contribution in [0.2, 0.25) is 0 Å². The summed E-state index contributed by atoms with van der Waals surface area (Å²) in [5.41, 5.74) is 0. The third-order valence-electron chi connectivity index (χ3n) is 11.2. The molecule has 2 rings (SSSR count). The summed E-state index contributed by atoms with van der Waals surface area (Å²) in [7, 11) is 0. The fourth-order valence-corrected chi connectivity index (χ4v) is 7.11. The summed E-state index contributed by atoms with van der Waals surface area (Å²) in [6.45, 7) is 2.25. The van der Waals surface area contributed by atoms with Crippen molar-refractivity contribution in [1.29, 1.82) is 0 Å². The van der Waals surface area contributed by atoms with Crippen LogP contribution in [0.1, 0.15) is 129 Å². The molecule has 396 valence electrons. The van der Waals surface area contributed by atoms with Gasteiger partial charge in [0.2, 0.25) is 0 Å². The van der Waals surface area contributed by atoms with Gasteiger partial charge in [-0.1, -0.05) is 130 Å². The minimum atomic E-state index is -1.79. The Labute approximate surface area is 417 Å². The van der Waals surface area contributed by atoms with E-state index in [1.165, 1.54) is 0 Å². The number of rotatable bonds is 37. The Kier molecular flexibility index (Phi) is 36.2. The molecule has 0 aromatic heterocycles. The highest BCUT2D eigenvalue weighted by Gasteiger charge is 2.47.